The molecule has 0 aliphatic carbocycles. The van der Waals surface area contributed by atoms with E-state index in [0.29, 0.717) is 0 Å². The van der Waals surface area contributed by atoms with E-state index >= 15 is 0 Å². The van der Waals surface area contributed by atoms with Gasteiger partial charge in [-0.05, 0) is 25.1 Å². The fraction of sp³-hybridized carbons (Fsp3) is 0.273. The lowest BCUT2D eigenvalue weighted by atomic mass is 10.2. The maximum absolute atomic E-state index is 5.14. The Balaban J connectivity index is 2.73. The number of aryl methyl sites for hydroxylation is 2. The second-order valence-electron chi connectivity index (χ2n) is 3.15. The molecule has 0 aliphatic heterocycles. The van der Waals surface area contributed by atoms with Crippen molar-refractivity contribution in [2.45, 2.75) is 6.92 Å². The predicted octanol–water partition coefficient (Wildman–Crippen LogP) is 2.30. The van der Waals surface area contributed by atoms with Crippen LogP contribution in [0.5, 0.6) is 5.75 Å². The summed E-state index contributed by atoms with van der Waals surface area (Å²) in [6, 6.07) is 9.31. The van der Waals surface area contributed by atoms with Crippen LogP contribution in [0, 0.1) is 13.0 Å². The van der Waals surface area contributed by atoms with E-state index in [2.05, 4.69) is 16.7 Å². The van der Waals surface area contributed by atoms with Crippen molar-refractivity contribution in [3.8, 4) is 5.75 Å². The van der Waals surface area contributed by atoms with Crippen molar-refractivity contribution >= 4 is 10.9 Å². The lowest BCUT2D eigenvalue weighted by Gasteiger charge is -2.00. The van der Waals surface area contributed by atoms with Gasteiger partial charge in [0.15, 0.2) is 0 Å². The molecule has 0 fully saturated rings. The van der Waals surface area contributed by atoms with Gasteiger partial charge in [-0.15, -0.1) is 0 Å². The summed E-state index contributed by atoms with van der Waals surface area (Å²) < 4.78 is 7.26. The Morgan fingerprint density at radius 2 is 2.15 bits per heavy atom. The zero-order valence-electron chi connectivity index (χ0n) is 8.09. The van der Waals surface area contributed by atoms with Crippen molar-refractivity contribution in [2.24, 2.45) is 7.05 Å². The standard InChI is InChI=1S/C11H12NO/c1-8-6-9-7-10(13-3)4-5-11(9)12(8)2/h4-5,7H,1-3H3. The molecule has 0 N–H and O–H groups in total. The van der Waals surface area contributed by atoms with Crippen molar-refractivity contribution in [1.82, 2.24) is 4.57 Å². The summed E-state index contributed by atoms with van der Waals surface area (Å²) in [4.78, 5) is 0. The number of nitrogens with zero attached hydrogens (tertiary/aromatic N) is 1. The average Bonchev–Trinajstić information content (AvgIpc) is 2.42. The quantitative estimate of drug-likeness (QED) is 0.647. The minimum absolute atomic E-state index is 0.884. The van der Waals surface area contributed by atoms with Crippen molar-refractivity contribution < 1.29 is 4.74 Å². The van der Waals surface area contributed by atoms with Crippen LogP contribution in [-0.2, 0) is 7.05 Å². The third-order valence-corrected chi connectivity index (χ3v) is 2.38. The molecule has 0 atom stereocenters. The number of methoxy groups -OCH3 is 1. The van der Waals surface area contributed by atoms with Crippen LogP contribution >= 0.6 is 0 Å². The van der Waals surface area contributed by atoms with Crippen molar-refractivity contribution in [2.75, 3.05) is 7.11 Å². The Kier molecular flexibility index (Phi) is 1.76. The summed E-state index contributed by atoms with van der Waals surface area (Å²) in [6.07, 6.45) is 0. The maximum atomic E-state index is 5.14. The van der Waals surface area contributed by atoms with Gasteiger partial charge in [0.25, 0.3) is 0 Å². The van der Waals surface area contributed by atoms with E-state index in [9.17, 15) is 0 Å². The molecular weight excluding hydrogens is 162 g/mol. The topological polar surface area (TPSA) is 14.2 Å². The van der Waals surface area contributed by atoms with Crippen LogP contribution in [0.15, 0.2) is 18.2 Å². The molecular formula is C11H12NO. The van der Waals surface area contributed by atoms with Crippen LogP contribution in [0.25, 0.3) is 10.9 Å². The molecule has 1 heterocycles. The Bertz CT molecular complexity index is 443. The van der Waals surface area contributed by atoms with Gasteiger partial charge in [0, 0.05) is 29.7 Å². The van der Waals surface area contributed by atoms with Crippen molar-refractivity contribution in [3.05, 3.63) is 30.0 Å². The van der Waals surface area contributed by atoms with Crippen LogP contribution in [-0.4, -0.2) is 11.7 Å². The fourth-order valence-corrected chi connectivity index (χ4v) is 1.49. The molecule has 0 spiro atoms. The summed E-state index contributed by atoms with van der Waals surface area (Å²) >= 11 is 0. The monoisotopic (exact) mass is 174 g/mol. The lowest BCUT2D eigenvalue weighted by Crippen LogP contribution is -1.89. The highest BCUT2D eigenvalue weighted by atomic mass is 16.5. The molecule has 67 valence electrons. The van der Waals surface area contributed by atoms with Gasteiger partial charge in [-0.25, -0.2) is 0 Å². The zero-order chi connectivity index (χ0) is 9.42. The van der Waals surface area contributed by atoms with Gasteiger partial charge in [-0.3, -0.25) is 0 Å². The number of hydrogen-bond donors (Lipinski definition) is 0. The number of fused-ring (bicyclic) bond motifs is 1. The molecule has 2 aromatic rings. The van der Waals surface area contributed by atoms with Crippen LogP contribution in [0.4, 0.5) is 0 Å². The SMILES string of the molecule is COc1ccc2c([c]c(C)n2C)c1. The van der Waals surface area contributed by atoms with Crippen molar-refractivity contribution in [1.29, 1.82) is 0 Å². The largest absolute Gasteiger partial charge is 0.497 e. The molecule has 2 heteroatoms. The molecule has 0 amide bonds. The summed E-state index contributed by atoms with van der Waals surface area (Å²) in [7, 11) is 3.72. The van der Waals surface area contributed by atoms with Gasteiger partial charge in [-0.2, -0.15) is 0 Å². The van der Waals surface area contributed by atoms with Crippen molar-refractivity contribution in [3.63, 3.8) is 0 Å². The first-order chi connectivity index (χ1) is 6.22. The van der Waals surface area contributed by atoms with Gasteiger partial charge in [-0.1, -0.05) is 0 Å². The van der Waals surface area contributed by atoms with Gasteiger partial charge < -0.3 is 9.30 Å². The van der Waals surface area contributed by atoms with E-state index in [1.165, 1.54) is 5.52 Å². The Morgan fingerprint density at radius 1 is 1.38 bits per heavy atom. The smallest absolute Gasteiger partial charge is 0.119 e. The normalized spacial score (nSPS) is 10.7. The Labute approximate surface area is 77.7 Å². The first-order valence-electron chi connectivity index (χ1n) is 4.24. The van der Waals surface area contributed by atoms with Crippen LogP contribution in [0.2, 0.25) is 0 Å². The number of benzene rings is 1. The molecule has 0 bridgehead atoms. The minimum atomic E-state index is 0.884. The number of rotatable bonds is 1. The second-order valence-corrected chi connectivity index (χ2v) is 3.15. The zero-order valence-corrected chi connectivity index (χ0v) is 8.09. The van der Waals surface area contributed by atoms with E-state index in [1.54, 1.807) is 7.11 Å². The summed E-state index contributed by atoms with van der Waals surface area (Å²) in [5.41, 5.74) is 2.33. The Hall–Kier alpha value is -1.44. The van der Waals surface area contributed by atoms with Gasteiger partial charge in [0.05, 0.1) is 7.11 Å². The number of hydrogen-bond acceptors (Lipinski definition) is 1. The molecule has 1 aromatic carbocycles. The average molecular weight is 174 g/mol. The molecule has 13 heavy (non-hydrogen) atoms. The molecule has 0 saturated heterocycles. The highest BCUT2D eigenvalue weighted by Gasteiger charge is 2.02. The van der Waals surface area contributed by atoms with E-state index in [4.69, 9.17) is 4.74 Å². The lowest BCUT2D eigenvalue weighted by molar-refractivity contribution is 0.415. The Morgan fingerprint density at radius 3 is 2.85 bits per heavy atom. The molecule has 2 nitrogen and oxygen atoms in total. The molecule has 1 radical (unpaired) electrons. The van der Waals surface area contributed by atoms with E-state index in [1.807, 2.05) is 26.1 Å². The van der Waals surface area contributed by atoms with Crippen LogP contribution in [0.3, 0.4) is 0 Å². The molecule has 1 aromatic heterocycles. The highest BCUT2D eigenvalue weighted by molar-refractivity contribution is 5.82. The molecule has 2 rings (SSSR count). The van der Waals surface area contributed by atoms with Gasteiger partial charge in [0.1, 0.15) is 5.75 Å². The second kappa shape index (κ2) is 2.80. The first-order valence-corrected chi connectivity index (χ1v) is 4.24. The summed E-state index contributed by atoms with van der Waals surface area (Å²) in [6.45, 7) is 2.05. The van der Waals surface area contributed by atoms with Crippen LogP contribution < -0.4 is 4.74 Å². The number of aromatic nitrogens is 1. The third-order valence-electron chi connectivity index (χ3n) is 2.38. The molecule has 0 saturated carbocycles. The van der Waals surface area contributed by atoms with E-state index in [0.717, 1.165) is 16.8 Å². The van der Waals surface area contributed by atoms with E-state index in [-0.39, 0.29) is 0 Å². The van der Waals surface area contributed by atoms with Gasteiger partial charge >= 0.3 is 0 Å². The molecule has 0 aliphatic rings. The molecule has 0 unspecified atom stereocenters. The highest BCUT2D eigenvalue weighted by Crippen LogP contribution is 2.22. The number of ether oxygens (including phenoxy) is 1. The predicted molar refractivity (Wildman–Crippen MR) is 53.0 cm³/mol. The van der Waals surface area contributed by atoms with E-state index < -0.39 is 0 Å². The summed E-state index contributed by atoms with van der Waals surface area (Å²) in [5.74, 6) is 0.884. The van der Waals surface area contributed by atoms with Crippen LogP contribution in [0.1, 0.15) is 5.69 Å². The van der Waals surface area contributed by atoms with Gasteiger partial charge in [0.2, 0.25) is 0 Å². The minimum Gasteiger partial charge on any atom is -0.497 e. The summed E-state index contributed by atoms with van der Waals surface area (Å²) in [5, 5.41) is 1.11. The first kappa shape index (κ1) is 8.17. The fourth-order valence-electron chi connectivity index (χ4n) is 1.49. The third kappa shape index (κ3) is 1.18. The maximum Gasteiger partial charge on any atom is 0.119 e.